The molecule has 0 heterocycles. The van der Waals surface area contributed by atoms with Gasteiger partial charge in [-0.25, -0.2) is 0 Å². The Hall–Kier alpha value is -0.880. The largest absolute Gasteiger partial charge is 0.351 e. The lowest BCUT2D eigenvalue weighted by atomic mass is 10.1. The fourth-order valence-electron chi connectivity index (χ4n) is 3.08. The van der Waals surface area contributed by atoms with E-state index in [1.165, 1.54) is 12.1 Å². The van der Waals surface area contributed by atoms with Crippen LogP contribution in [0.3, 0.4) is 0 Å². The number of benzene rings is 2. The summed E-state index contributed by atoms with van der Waals surface area (Å²) in [6.07, 6.45) is 0. The molecule has 1 saturated carbocycles. The summed E-state index contributed by atoms with van der Waals surface area (Å²) in [5.41, 5.74) is 1.27. The SMILES string of the molecule is O=C(NCCCl)c1cc(NC(=O)C2C(c3cc(Cl)cc(Cl)c3)C2(Cl)Cl)ccc1Cl. The van der Waals surface area contributed by atoms with Crippen molar-refractivity contribution in [1.29, 1.82) is 0 Å². The van der Waals surface area contributed by atoms with Crippen molar-refractivity contribution in [2.75, 3.05) is 17.7 Å². The Morgan fingerprint density at radius 2 is 1.66 bits per heavy atom. The maximum Gasteiger partial charge on any atom is 0.252 e. The molecule has 0 aromatic heterocycles. The third kappa shape index (κ3) is 5.07. The van der Waals surface area contributed by atoms with E-state index in [2.05, 4.69) is 10.6 Å². The molecule has 0 radical (unpaired) electrons. The van der Waals surface area contributed by atoms with Crippen LogP contribution in [-0.2, 0) is 4.79 Å². The van der Waals surface area contributed by atoms with Gasteiger partial charge in [-0.15, -0.1) is 34.8 Å². The van der Waals surface area contributed by atoms with Gasteiger partial charge in [0, 0.05) is 34.1 Å². The van der Waals surface area contributed by atoms with Gasteiger partial charge in [-0.2, -0.15) is 0 Å². The molecule has 1 aliphatic carbocycles. The van der Waals surface area contributed by atoms with Gasteiger partial charge in [-0.3, -0.25) is 9.59 Å². The number of hydrogen-bond acceptors (Lipinski definition) is 2. The Bertz CT molecular complexity index is 945. The van der Waals surface area contributed by atoms with E-state index in [-0.39, 0.29) is 16.5 Å². The Kier molecular flexibility index (Phi) is 7.14. The molecule has 1 aliphatic rings. The van der Waals surface area contributed by atoms with Gasteiger partial charge in [0.05, 0.1) is 16.5 Å². The summed E-state index contributed by atoms with van der Waals surface area (Å²) in [6, 6.07) is 9.50. The smallest absolute Gasteiger partial charge is 0.252 e. The summed E-state index contributed by atoms with van der Waals surface area (Å²) >= 11 is 36.5. The number of nitrogens with one attached hydrogen (secondary N) is 2. The summed E-state index contributed by atoms with van der Waals surface area (Å²) in [5.74, 6) is -1.71. The highest BCUT2D eigenvalue weighted by Gasteiger charge is 2.67. The normalized spacial score (nSPS) is 19.5. The molecule has 2 unspecified atom stereocenters. The van der Waals surface area contributed by atoms with E-state index in [0.29, 0.717) is 27.8 Å². The van der Waals surface area contributed by atoms with Crippen LogP contribution in [0.2, 0.25) is 15.1 Å². The van der Waals surface area contributed by atoms with Crippen LogP contribution < -0.4 is 10.6 Å². The zero-order valence-corrected chi connectivity index (χ0v) is 19.2. The predicted molar refractivity (Wildman–Crippen MR) is 120 cm³/mol. The van der Waals surface area contributed by atoms with Crippen LogP contribution in [0.15, 0.2) is 36.4 Å². The van der Waals surface area contributed by atoms with Crippen LogP contribution in [0.25, 0.3) is 0 Å². The zero-order valence-electron chi connectivity index (χ0n) is 14.6. The summed E-state index contributed by atoms with van der Waals surface area (Å²) < 4.78 is -1.30. The van der Waals surface area contributed by atoms with E-state index in [1.54, 1.807) is 24.3 Å². The van der Waals surface area contributed by atoms with Crippen LogP contribution in [0.1, 0.15) is 21.8 Å². The third-order valence-electron chi connectivity index (χ3n) is 4.44. The molecule has 4 nitrogen and oxygen atoms in total. The molecule has 29 heavy (non-hydrogen) atoms. The first-order valence-corrected chi connectivity index (χ1v) is 10.9. The van der Waals surface area contributed by atoms with Crippen LogP contribution >= 0.6 is 69.6 Å². The molecule has 0 aliphatic heterocycles. The molecule has 0 saturated heterocycles. The molecule has 2 aromatic carbocycles. The third-order valence-corrected chi connectivity index (χ3v) is 6.33. The lowest BCUT2D eigenvalue weighted by molar-refractivity contribution is -0.117. The van der Waals surface area contributed by atoms with Crippen molar-refractivity contribution in [3.05, 3.63) is 62.6 Å². The fraction of sp³-hybridized carbons (Fsp3) is 0.263. The lowest BCUT2D eigenvalue weighted by Crippen LogP contribution is -2.26. The van der Waals surface area contributed by atoms with Crippen molar-refractivity contribution >= 4 is 87.1 Å². The number of alkyl halides is 3. The Morgan fingerprint density at radius 3 is 2.28 bits per heavy atom. The number of carbonyl (C=O) groups excluding carboxylic acids is 2. The zero-order chi connectivity index (χ0) is 21.3. The van der Waals surface area contributed by atoms with E-state index in [4.69, 9.17) is 69.6 Å². The molecule has 3 rings (SSSR count). The fourth-order valence-corrected chi connectivity index (χ4v) is 4.74. The van der Waals surface area contributed by atoms with E-state index >= 15 is 0 Å². The van der Waals surface area contributed by atoms with Gasteiger partial charge in [0.1, 0.15) is 4.33 Å². The topological polar surface area (TPSA) is 58.2 Å². The van der Waals surface area contributed by atoms with Gasteiger partial charge in [0.25, 0.3) is 5.91 Å². The van der Waals surface area contributed by atoms with Crippen molar-refractivity contribution < 1.29 is 9.59 Å². The Morgan fingerprint density at radius 1 is 1.00 bits per heavy atom. The van der Waals surface area contributed by atoms with Gasteiger partial charge in [-0.05, 0) is 42.0 Å². The summed E-state index contributed by atoms with van der Waals surface area (Å²) in [4.78, 5) is 25.0. The van der Waals surface area contributed by atoms with E-state index < -0.39 is 28.0 Å². The molecule has 1 fully saturated rings. The van der Waals surface area contributed by atoms with Gasteiger partial charge in [0.2, 0.25) is 5.91 Å². The number of rotatable bonds is 6. The Labute approximate surface area is 197 Å². The first kappa shape index (κ1) is 22.8. The molecule has 2 amide bonds. The predicted octanol–water partition coefficient (Wildman–Crippen LogP) is 6.14. The van der Waals surface area contributed by atoms with Crippen LogP contribution in [0, 0.1) is 5.92 Å². The van der Waals surface area contributed by atoms with Crippen LogP contribution in [0.5, 0.6) is 0 Å². The highest BCUT2D eigenvalue weighted by Crippen LogP contribution is 2.65. The van der Waals surface area contributed by atoms with E-state index in [9.17, 15) is 9.59 Å². The Balaban J connectivity index is 1.77. The van der Waals surface area contributed by atoms with E-state index in [1.807, 2.05) is 0 Å². The highest BCUT2D eigenvalue weighted by atomic mass is 35.5. The van der Waals surface area contributed by atoms with Gasteiger partial charge < -0.3 is 10.6 Å². The minimum atomic E-state index is -1.30. The second-order valence-corrected chi connectivity index (χ2v) is 9.56. The van der Waals surface area contributed by atoms with Crippen molar-refractivity contribution in [1.82, 2.24) is 5.32 Å². The standard InChI is InChI=1S/C19H14Cl6N2O2/c20-3-4-26-17(28)13-8-12(1-2-14(13)23)27-18(29)16-15(19(16,24)25)9-5-10(21)7-11(22)6-9/h1-2,5-8,15-16H,3-4H2,(H,26,28)(H,27,29). The second-order valence-electron chi connectivity index (χ2n) is 6.46. The van der Waals surface area contributed by atoms with E-state index in [0.717, 1.165) is 0 Å². The summed E-state index contributed by atoms with van der Waals surface area (Å²) in [5, 5.41) is 6.45. The minimum absolute atomic E-state index is 0.214. The average molecular weight is 515 g/mol. The molecule has 0 bridgehead atoms. The van der Waals surface area contributed by atoms with Crippen LogP contribution in [0.4, 0.5) is 5.69 Å². The molecule has 2 aromatic rings. The minimum Gasteiger partial charge on any atom is -0.351 e. The quantitative estimate of drug-likeness (QED) is 0.455. The maximum atomic E-state index is 12.8. The molecular formula is C19H14Cl6N2O2. The number of amides is 2. The second kappa shape index (κ2) is 9.09. The summed E-state index contributed by atoms with van der Waals surface area (Å²) in [7, 11) is 0. The number of halogens is 6. The molecular weight excluding hydrogens is 501 g/mol. The number of hydrogen-bond donors (Lipinski definition) is 2. The van der Waals surface area contributed by atoms with Gasteiger partial charge in [0.15, 0.2) is 0 Å². The van der Waals surface area contributed by atoms with Crippen molar-refractivity contribution in [2.24, 2.45) is 5.92 Å². The van der Waals surface area contributed by atoms with Crippen molar-refractivity contribution in [2.45, 2.75) is 10.3 Å². The highest BCUT2D eigenvalue weighted by molar-refractivity contribution is 6.53. The molecule has 2 atom stereocenters. The molecule has 2 N–H and O–H groups in total. The summed E-state index contributed by atoms with van der Waals surface area (Å²) in [6.45, 7) is 0.292. The van der Waals surface area contributed by atoms with Crippen LogP contribution in [-0.4, -0.2) is 28.6 Å². The monoisotopic (exact) mass is 512 g/mol. The lowest BCUT2D eigenvalue weighted by Gasteiger charge is -2.10. The number of carbonyl (C=O) groups is 2. The number of anilines is 1. The first-order valence-electron chi connectivity index (χ1n) is 8.43. The van der Waals surface area contributed by atoms with Gasteiger partial charge >= 0.3 is 0 Å². The maximum absolute atomic E-state index is 12.8. The molecule has 154 valence electrons. The molecule has 0 spiro atoms. The average Bonchev–Trinajstić information content (AvgIpc) is 3.22. The van der Waals surface area contributed by atoms with Crippen molar-refractivity contribution in [3.8, 4) is 0 Å². The van der Waals surface area contributed by atoms with Crippen molar-refractivity contribution in [3.63, 3.8) is 0 Å². The van der Waals surface area contributed by atoms with Gasteiger partial charge in [-0.1, -0.05) is 34.8 Å². The first-order chi connectivity index (χ1) is 13.6. The molecule has 10 heteroatoms.